The number of ether oxygens (including phenoxy) is 1. The fourth-order valence-corrected chi connectivity index (χ4v) is 2.83. The van der Waals surface area contributed by atoms with Crippen molar-refractivity contribution < 1.29 is 9.53 Å². The van der Waals surface area contributed by atoms with Crippen molar-refractivity contribution in [1.82, 2.24) is 4.57 Å². The molecule has 5 nitrogen and oxygen atoms in total. The van der Waals surface area contributed by atoms with E-state index in [4.69, 9.17) is 4.74 Å². The van der Waals surface area contributed by atoms with Crippen LogP contribution in [0.2, 0.25) is 0 Å². The average molecular weight is 345 g/mol. The smallest absolute Gasteiger partial charge is 0.266 e. The normalized spacial score (nSPS) is 11.2. The molecule has 1 N–H and O–H groups in total. The second-order valence-corrected chi connectivity index (χ2v) is 5.74. The lowest BCUT2D eigenvalue weighted by Crippen LogP contribution is -2.13. The highest BCUT2D eigenvalue weighted by atomic mass is 16.5. The number of benzene rings is 2. The minimum absolute atomic E-state index is 0.0554. The van der Waals surface area contributed by atoms with Crippen LogP contribution < -0.4 is 10.1 Å². The first-order valence-electron chi connectivity index (χ1n) is 8.31. The van der Waals surface area contributed by atoms with E-state index < -0.39 is 5.91 Å². The first-order chi connectivity index (χ1) is 12.7. The number of anilines is 1. The quantitative estimate of drug-likeness (QED) is 0.556. The van der Waals surface area contributed by atoms with Crippen molar-refractivity contribution in [1.29, 1.82) is 5.26 Å². The molecule has 3 aromatic rings. The summed E-state index contributed by atoms with van der Waals surface area (Å²) in [5.74, 6) is 0.261. The van der Waals surface area contributed by atoms with Crippen LogP contribution in [0.15, 0.2) is 60.3 Å². The van der Waals surface area contributed by atoms with Crippen LogP contribution in [0.1, 0.15) is 12.5 Å². The summed E-state index contributed by atoms with van der Waals surface area (Å²) in [5, 5.41) is 13.2. The molecule has 2 aromatic carbocycles. The van der Waals surface area contributed by atoms with Crippen LogP contribution in [0.5, 0.6) is 5.75 Å². The summed E-state index contributed by atoms with van der Waals surface area (Å²) >= 11 is 0. The molecule has 0 spiro atoms. The molecule has 3 rings (SSSR count). The molecule has 5 heteroatoms. The fourth-order valence-electron chi connectivity index (χ4n) is 2.83. The van der Waals surface area contributed by atoms with Gasteiger partial charge in [0, 0.05) is 34.9 Å². The molecule has 0 aliphatic rings. The van der Waals surface area contributed by atoms with Gasteiger partial charge in [0.05, 0.1) is 7.11 Å². The van der Waals surface area contributed by atoms with Crippen molar-refractivity contribution in [3.05, 3.63) is 65.9 Å². The second kappa shape index (κ2) is 7.58. The van der Waals surface area contributed by atoms with Crippen molar-refractivity contribution >= 4 is 28.6 Å². The summed E-state index contributed by atoms with van der Waals surface area (Å²) in [7, 11) is 1.58. The van der Waals surface area contributed by atoms with Crippen molar-refractivity contribution in [2.45, 2.75) is 13.5 Å². The van der Waals surface area contributed by atoms with Gasteiger partial charge in [-0.05, 0) is 43.3 Å². The zero-order valence-electron chi connectivity index (χ0n) is 14.7. The van der Waals surface area contributed by atoms with Gasteiger partial charge in [0.25, 0.3) is 5.91 Å². The highest BCUT2D eigenvalue weighted by Crippen LogP contribution is 2.24. The number of carbonyl (C=O) groups excluding carboxylic acids is 1. The lowest BCUT2D eigenvalue weighted by molar-refractivity contribution is -0.112. The monoisotopic (exact) mass is 345 g/mol. The maximum absolute atomic E-state index is 12.5. The zero-order valence-corrected chi connectivity index (χ0v) is 14.7. The van der Waals surface area contributed by atoms with Crippen molar-refractivity contribution in [3.63, 3.8) is 0 Å². The molecule has 26 heavy (non-hydrogen) atoms. The van der Waals surface area contributed by atoms with Gasteiger partial charge in [-0.1, -0.05) is 18.2 Å². The number of hydrogen-bond acceptors (Lipinski definition) is 3. The zero-order chi connectivity index (χ0) is 18.5. The molecular formula is C21H19N3O2. The first-order valence-corrected chi connectivity index (χ1v) is 8.31. The van der Waals surface area contributed by atoms with Gasteiger partial charge in [-0.25, -0.2) is 0 Å². The van der Waals surface area contributed by atoms with E-state index in [1.165, 1.54) is 0 Å². The molecule has 1 amide bonds. The molecule has 0 atom stereocenters. The maximum atomic E-state index is 12.5. The number of aromatic nitrogens is 1. The Balaban J connectivity index is 1.90. The van der Waals surface area contributed by atoms with Gasteiger partial charge in [0.2, 0.25) is 0 Å². The van der Waals surface area contributed by atoms with Gasteiger partial charge in [-0.2, -0.15) is 5.26 Å². The summed E-state index contributed by atoms with van der Waals surface area (Å²) < 4.78 is 7.19. The Morgan fingerprint density at radius 1 is 1.23 bits per heavy atom. The largest absolute Gasteiger partial charge is 0.497 e. The van der Waals surface area contributed by atoms with E-state index in [0.717, 1.165) is 23.0 Å². The van der Waals surface area contributed by atoms with Crippen LogP contribution in [0, 0.1) is 11.3 Å². The van der Waals surface area contributed by atoms with Crippen LogP contribution in [-0.2, 0) is 11.3 Å². The minimum atomic E-state index is -0.439. The van der Waals surface area contributed by atoms with Gasteiger partial charge in [-0.3, -0.25) is 4.79 Å². The number of para-hydroxylation sites is 1. The van der Waals surface area contributed by atoms with Crippen LogP contribution in [0.3, 0.4) is 0 Å². The molecule has 130 valence electrons. The Bertz CT molecular complexity index is 1010. The summed E-state index contributed by atoms with van der Waals surface area (Å²) in [6.07, 6.45) is 3.59. The van der Waals surface area contributed by atoms with Crippen LogP contribution in [-0.4, -0.2) is 17.6 Å². The third-order valence-corrected chi connectivity index (χ3v) is 4.17. The number of aryl methyl sites for hydroxylation is 1. The summed E-state index contributed by atoms with van der Waals surface area (Å²) in [6, 6.07) is 16.9. The van der Waals surface area contributed by atoms with E-state index in [1.54, 1.807) is 37.5 Å². The van der Waals surface area contributed by atoms with Gasteiger partial charge in [0.15, 0.2) is 0 Å². The van der Waals surface area contributed by atoms with Gasteiger partial charge in [0.1, 0.15) is 17.4 Å². The summed E-state index contributed by atoms with van der Waals surface area (Å²) in [4.78, 5) is 12.5. The number of rotatable bonds is 5. The number of nitrogens with one attached hydrogen (secondary N) is 1. The fraction of sp³-hybridized carbons (Fsp3) is 0.143. The van der Waals surface area contributed by atoms with E-state index >= 15 is 0 Å². The van der Waals surface area contributed by atoms with E-state index in [0.29, 0.717) is 11.4 Å². The first kappa shape index (κ1) is 17.3. The maximum Gasteiger partial charge on any atom is 0.266 e. The molecule has 0 unspecified atom stereocenters. The number of fused-ring (bicyclic) bond motifs is 1. The lowest BCUT2D eigenvalue weighted by Gasteiger charge is -2.05. The number of nitrogens with zero attached hydrogens (tertiary/aromatic N) is 2. The van der Waals surface area contributed by atoms with Gasteiger partial charge < -0.3 is 14.6 Å². The SMILES string of the molecule is CCn1cc(/C=C(/C#N)C(=O)Nc2ccc(OC)cc2)c2ccccc21. The number of carbonyl (C=O) groups is 1. The van der Waals surface area contributed by atoms with Crippen LogP contribution in [0.4, 0.5) is 5.69 Å². The standard InChI is InChI=1S/C21H19N3O2/c1-3-24-14-16(19-6-4-5-7-20(19)24)12-15(13-22)21(25)23-17-8-10-18(26-2)11-9-17/h4-12,14H,3H2,1-2H3,(H,23,25)/b15-12-. The average Bonchev–Trinajstić information content (AvgIpc) is 3.04. The Labute approximate surface area is 152 Å². The molecule has 0 radical (unpaired) electrons. The van der Waals surface area contributed by atoms with Crippen molar-refractivity contribution in [3.8, 4) is 11.8 Å². The molecule has 0 bridgehead atoms. The Morgan fingerprint density at radius 3 is 2.62 bits per heavy atom. The lowest BCUT2D eigenvalue weighted by atomic mass is 10.1. The molecule has 0 saturated heterocycles. The van der Waals surface area contributed by atoms with Crippen LogP contribution >= 0.6 is 0 Å². The molecule has 0 aliphatic carbocycles. The van der Waals surface area contributed by atoms with E-state index in [1.807, 2.05) is 36.5 Å². The number of amides is 1. The van der Waals surface area contributed by atoms with Crippen molar-refractivity contribution in [2.24, 2.45) is 0 Å². The minimum Gasteiger partial charge on any atom is -0.497 e. The Hall–Kier alpha value is -3.52. The van der Waals surface area contributed by atoms with Crippen LogP contribution in [0.25, 0.3) is 17.0 Å². The molecular weight excluding hydrogens is 326 g/mol. The second-order valence-electron chi connectivity index (χ2n) is 5.74. The summed E-state index contributed by atoms with van der Waals surface area (Å²) in [5.41, 5.74) is 2.59. The molecule has 0 fully saturated rings. The predicted octanol–water partition coefficient (Wildman–Crippen LogP) is 4.22. The topological polar surface area (TPSA) is 67.0 Å². The van der Waals surface area contributed by atoms with E-state index in [9.17, 15) is 10.1 Å². The van der Waals surface area contributed by atoms with E-state index in [2.05, 4.69) is 16.8 Å². The van der Waals surface area contributed by atoms with Crippen molar-refractivity contribution in [2.75, 3.05) is 12.4 Å². The highest BCUT2D eigenvalue weighted by Gasteiger charge is 2.12. The molecule has 1 aromatic heterocycles. The molecule has 0 aliphatic heterocycles. The van der Waals surface area contributed by atoms with E-state index in [-0.39, 0.29) is 5.57 Å². The predicted molar refractivity (Wildman–Crippen MR) is 103 cm³/mol. The third kappa shape index (κ3) is 3.45. The van der Waals surface area contributed by atoms with Gasteiger partial charge in [-0.15, -0.1) is 0 Å². The summed E-state index contributed by atoms with van der Waals surface area (Å²) in [6.45, 7) is 2.87. The molecule has 0 saturated carbocycles. The number of methoxy groups -OCH3 is 1. The molecule has 1 heterocycles. The Morgan fingerprint density at radius 2 is 1.96 bits per heavy atom. The number of nitriles is 1. The highest BCUT2D eigenvalue weighted by molar-refractivity contribution is 6.10. The van der Waals surface area contributed by atoms with Gasteiger partial charge >= 0.3 is 0 Å². The number of hydrogen-bond donors (Lipinski definition) is 1. The third-order valence-electron chi connectivity index (χ3n) is 4.17. The Kier molecular flexibility index (Phi) is 5.04.